The zero-order valence-corrected chi connectivity index (χ0v) is 11.7. The van der Waals surface area contributed by atoms with E-state index in [1.54, 1.807) is 0 Å². The second-order valence-corrected chi connectivity index (χ2v) is 4.98. The summed E-state index contributed by atoms with van der Waals surface area (Å²) in [5, 5.41) is 3.14. The molecule has 92 valence electrons. The van der Waals surface area contributed by atoms with Gasteiger partial charge in [-0.2, -0.15) is 0 Å². The van der Waals surface area contributed by atoms with Crippen LogP contribution in [0.4, 0.5) is 5.69 Å². The Morgan fingerprint density at radius 2 is 1.89 bits per heavy atom. The third-order valence-electron chi connectivity index (χ3n) is 2.66. The van der Waals surface area contributed by atoms with Gasteiger partial charge in [0.05, 0.1) is 6.54 Å². The molecule has 2 rings (SSSR count). The third kappa shape index (κ3) is 3.20. The van der Waals surface area contributed by atoms with Crippen molar-refractivity contribution in [2.24, 2.45) is 0 Å². The van der Waals surface area contributed by atoms with Gasteiger partial charge in [0, 0.05) is 15.7 Å². The maximum Gasteiger partial charge on any atom is 0.181 e. The van der Waals surface area contributed by atoms with Crippen molar-refractivity contribution in [1.82, 2.24) is 0 Å². The van der Waals surface area contributed by atoms with E-state index < -0.39 is 0 Å². The lowest BCUT2D eigenvalue weighted by molar-refractivity contribution is 0.101. The van der Waals surface area contributed by atoms with Crippen LogP contribution in [0.2, 0.25) is 0 Å². The zero-order valence-electron chi connectivity index (χ0n) is 10.1. The highest BCUT2D eigenvalue weighted by Gasteiger charge is 2.06. The summed E-state index contributed by atoms with van der Waals surface area (Å²) in [6.45, 7) is 2.33. The van der Waals surface area contributed by atoms with Crippen LogP contribution in [0.3, 0.4) is 0 Å². The van der Waals surface area contributed by atoms with Gasteiger partial charge in [-0.05, 0) is 40.5 Å². The summed E-state index contributed by atoms with van der Waals surface area (Å²) in [5.74, 6) is 0.0862. The summed E-state index contributed by atoms with van der Waals surface area (Å²) in [5.41, 5.74) is 2.85. The SMILES string of the molecule is Cc1ccc(NCC(=O)c2ccccc2)c(Br)c1. The van der Waals surface area contributed by atoms with Crippen molar-refractivity contribution in [3.8, 4) is 0 Å². The van der Waals surface area contributed by atoms with Gasteiger partial charge in [0.1, 0.15) is 0 Å². The smallest absolute Gasteiger partial charge is 0.181 e. The molecule has 0 amide bonds. The Morgan fingerprint density at radius 3 is 2.56 bits per heavy atom. The van der Waals surface area contributed by atoms with Crippen molar-refractivity contribution in [1.29, 1.82) is 0 Å². The fourth-order valence-electron chi connectivity index (χ4n) is 1.67. The lowest BCUT2D eigenvalue weighted by Crippen LogP contribution is -2.14. The Hall–Kier alpha value is -1.61. The van der Waals surface area contributed by atoms with Gasteiger partial charge in [0.25, 0.3) is 0 Å². The maximum atomic E-state index is 11.9. The Labute approximate surface area is 115 Å². The molecular weight excluding hydrogens is 290 g/mol. The highest BCUT2D eigenvalue weighted by molar-refractivity contribution is 9.10. The predicted molar refractivity (Wildman–Crippen MR) is 78.1 cm³/mol. The quantitative estimate of drug-likeness (QED) is 0.863. The minimum atomic E-state index is 0.0862. The van der Waals surface area contributed by atoms with Crippen LogP contribution in [0.25, 0.3) is 0 Å². The number of carbonyl (C=O) groups excluding carboxylic acids is 1. The molecule has 0 aromatic heterocycles. The van der Waals surface area contributed by atoms with Gasteiger partial charge < -0.3 is 5.32 Å². The van der Waals surface area contributed by atoms with Crippen LogP contribution in [-0.2, 0) is 0 Å². The molecule has 1 N–H and O–H groups in total. The van der Waals surface area contributed by atoms with Gasteiger partial charge in [-0.1, -0.05) is 36.4 Å². The summed E-state index contributed by atoms with van der Waals surface area (Å²) in [6, 6.07) is 15.3. The number of ketones is 1. The van der Waals surface area contributed by atoms with Crippen LogP contribution >= 0.6 is 15.9 Å². The van der Waals surface area contributed by atoms with Crippen molar-refractivity contribution in [2.45, 2.75) is 6.92 Å². The molecule has 18 heavy (non-hydrogen) atoms. The van der Waals surface area contributed by atoms with Gasteiger partial charge in [-0.15, -0.1) is 0 Å². The Morgan fingerprint density at radius 1 is 1.17 bits per heavy atom. The van der Waals surface area contributed by atoms with E-state index in [1.165, 1.54) is 5.56 Å². The number of aryl methyl sites for hydroxylation is 1. The van der Waals surface area contributed by atoms with Crippen LogP contribution in [0, 0.1) is 6.92 Å². The summed E-state index contributed by atoms with van der Waals surface area (Å²) in [6.07, 6.45) is 0. The topological polar surface area (TPSA) is 29.1 Å². The van der Waals surface area contributed by atoms with E-state index in [-0.39, 0.29) is 5.78 Å². The lowest BCUT2D eigenvalue weighted by Gasteiger charge is -2.08. The lowest BCUT2D eigenvalue weighted by atomic mass is 10.1. The first-order valence-corrected chi connectivity index (χ1v) is 6.54. The number of halogens is 1. The van der Waals surface area contributed by atoms with Gasteiger partial charge in [-0.25, -0.2) is 0 Å². The third-order valence-corrected chi connectivity index (χ3v) is 3.32. The van der Waals surface area contributed by atoms with E-state index >= 15 is 0 Å². The van der Waals surface area contributed by atoms with E-state index in [2.05, 4.69) is 21.2 Å². The average molecular weight is 304 g/mol. The average Bonchev–Trinajstić information content (AvgIpc) is 2.38. The minimum Gasteiger partial charge on any atom is -0.377 e. The van der Waals surface area contributed by atoms with Crippen LogP contribution < -0.4 is 5.32 Å². The first kappa shape index (κ1) is 12.8. The standard InChI is InChI=1S/C15H14BrNO/c1-11-7-8-14(13(16)9-11)17-10-15(18)12-5-3-2-4-6-12/h2-9,17H,10H2,1H3. The summed E-state index contributed by atoms with van der Waals surface area (Å²) >= 11 is 3.48. The number of hydrogen-bond donors (Lipinski definition) is 1. The number of benzene rings is 2. The largest absolute Gasteiger partial charge is 0.377 e. The minimum absolute atomic E-state index is 0.0862. The number of rotatable bonds is 4. The predicted octanol–water partition coefficient (Wildman–Crippen LogP) is 4.05. The fraction of sp³-hybridized carbons (Fsp3) is 0.133. The van der Waals surface area contributed by atoms with Crippen molar-refractivity contribution in [3.05, 3.63) is 64.1 Å². The molecule has 0 spiro atoms. The molecule has 0 radical (unpaired) electrons. The molecule has 2 nitrogen and oxygen atoms in total. The number of hydrogen-bond acceptors (Lipinski definition) is 2. The molecule has 0 saturated heterocycles. The Kier molecular flexibility index (Phi) is 4.15. The molecule has 0 aliphatic carbocycles. The van der Waals surface area contributed by atoms with Crippen molar-refractivity contribution in [3.63, 3.8) is 0 Å². The molecule has 3 heteroatoms. The summed E-state index contributed by atoms with van der Waals surface area (Å²) in [7, 11) is 0. The van der Waals surface area contributed by atoms with Gasteiger partial charge >= 0.3 is 0 Å². The van der Waals surface area contributed by atoms with Gasteiger partial charge in [0.2, 0.25) is 0 Å². The van der Waals surface area contributed by atoms with Crippen molar-refractivity contribution < 1.29 is 4.79 Å². The maximum absolute atomic E-state index is 11.9. The monoisotopic (exact) mass is 303 g/mol. The van der Waals surface area contributed by atoms with Crippen LogP contribution in [0.1, 0.15) is 15.9 Å². The number of nitrogens with one attached hydrogen (secondary N) is 1. The van der Waals surface area contributed by atoms with E-state index in [0.717, 1.165) is 15.7 Å². The molecule has 0 aliphatic rings. The first-order valence-electron chi connectivity index (χ1n) is 5.75. The highest BCUT2D eigenvalue weighted by Crippen LogP contribution is 2.23. The normalized spacial score (nSPS) is 10.1. The van der Waals surface area contributed by atoms with Gasteiger partial charge in [-0.3, -0.25) is 4.79 Å². The molecule has 0 aliphatic heterocycles. The molecule has 2 aromatic rings. The summed E-state index contributed by atoms with van der Waals surface area (Å²) < 4.78 is 0.975. The van der Waals surface area contributed by atoms with E-state index in [0.29, 0.717) is 6.54 Å². The van der Waals surface area contributed by atoms with Crippen LogP contribution in [0.5, 0.6) is 0 Å². The Bertz CT molecular complexity index is 552. The number of carbonyl (C=O) groups is 1. The molecule has 0 atom stereocenters. The second kappa shape index (κ2) is 5.83. The zero-order chi connectivity index (χ0) is 13.0. The van der Waals surface area contributed by atoms with Crippen LogP contribution in [-0.4, -0.2) is 12.3 Å². The van der Waals surface area contributed by atoms with E-state index in [1.807, 2.05) is 55.5 Å². The molecular formula is C15H14BrNO. The van der Waals surface area contributed by atoms with Crippen molar-refractivity contribution in [2.75, 3.05) is 11.9 Å². The van der Waals surface area contributed by atoms with Gasteiger partial charge in [0.15, 0.2) is 5.78 Å². The van der Waals surface area contributed by atoms with Crippen molar-refractivity contribution >= 4 is 27.4 Å². The molecule has 0 saturated carbocycles. The molecule has 0 fully saturated rings. The Balaban J connectivity index is 2.02. The van der Waals surface area contributed by atoms with E-state index in [4.69, 9.17) is 0 Å². The fourth-order valence-corrected chi connectivity index (χ4v) is 2.30. The van der Waals surface area contributed by atoms with E-state index in [9.17, 15) is 4.79 Å². The first-order chi connectivity index (χ1) is 8.66. The van der Waals surface area contributed by atoms with Crippen LogP contribution in [0.15, 0.2) is 53.0 Å². The highest BCUT2D eigenvalue weighted by atomic mass is 79.9. The number of Topliss-reactive ketones (excluding diaryl/α,β-unsaturated/α-hetero) is 1. The molecule has 0 heterocycles. The molecule has 0 unspecified atom stereocenters. The molecule has 0 bridgehead atoms. The molecule has 2 aromatic carbocycles. The number of anilines is 1. The second-order valence-electron chi connectivity index (χ2n) is 4.13. The summed E-state index contributed by atoms with van der Waals surface area (Å²) in [4.78, 5) is 11.9.